The maximum atomic E-state index is 10.6. The number of carbonyl (C=O) groups excluding carboxylic acids is 1. The molecule has 0 aliphatic heterocycles. The van der Waals surface area contributed by atoms with Gasteiger partial charge in [-0.2, -0.15) is 0 Å². The molecule has 0 saturated heterocycles. The Labute approximate surface area is 76.6 Å². The van der Waals surface area contributed by atoms with Crippen molar-refractivity contribution in [2.24, 2.45) is 0 Å². The third-order valence-corrected chi connectivity index (χ3v) is 1.13. The smallest absolute Gasteiger partial charge is 0.317 e. The molecular formula is C8H14O5. The van der Waals surface area contributed by atoms with Gasteiger partial charge in [0.1, 0.15) is 13.0 Å². The van der Waals surface area contributed by atoms with Crippen molar-refractivity contribution >= 4 is 11.9 Å². The van der Waals surface area contributed by atoms with Crippen LogP contribution in [0.5, 0.6) is 0 Å². The quantitative estimate of drug-likeness (QED) is 0.358. The molecule has 0 atom stereocenters. The number of rotatable bonds is 7. The van der Waals surface area contributed by atoms with E-state index in [1.54, 1.807) is 0 Å². The molecule has 76 valence electrons. The Bertz CT molecular complexity index is 166. The first-order valence-electron chi connectivity index (χ1n) is 4.12. The Morgan fingerprint density at radius 3 is 2.46 bits per heavy atom. The molecule has 0 unspecified atom stereocenters. The number of esters is 1. The molecule has 0 radical (unpaired) electrons. The molecule has 0 saturated carbocycles. The summed E-state index contributed by atoms with van der Waals surface area (Å²) in [4.78, 5) is 20.6. The number of hydrogen-bond donors (Lipinski definition) is 1. The zero-order valence-electron chi connectivity index (χ0n) is 7.62. The van der Waals surface area contributed by atoms with Crippen LogP contribution >= 0.6 is 0 Å². The predicted octanol–water partition coefficient (Wildman–Crippen LogP) is 0.431. The van der Waals surface area contributed by atoms with Crippen LogP contribution in [0.3, 0.4) is 0 Å². The average Bonchev–Trinajstić information content (AvgIpc) is 2.02. The summed E-state index contributed by atoms with van der Waals surface area (Å²) in [6.45, 7) is 3.03. The number of aliphatic carboxylic acids is 1. The van der Waals surface area contributed by atoms with E-state index < -0.39 is 18.4 Å². The average molecular weight is 190 g/mol. The topological polar surface area (TPSA) is 72.8 Å². The van der Waals surface area contributed by atoms with Crippen LogP contribution in [0, 0.1) is 0 Å². The van der Waals surface area contributed by atoms with E-state index in [1.165, 1.54) is 0 Å². The number of ether oxygens (including phenoxy) is 2. The van der Waals surface area contributed by atoms with Crippen molar-refractivity contribution in [1.29, 1.82) is 0 Å². The van der Waals surface area contributed by atoms with Gasteiger partial charge < -0.3 is 14.6 Å². The standard InChI is InChI=1S/C8H14O5/c1-2-3-12-4-5-13-8(11)6-7(9)10/h2-6H2,1H3,(H,9,10). The molecule has 5 nitrogen and oxygen atoms in total. The van der Waals surface area contributed by atoms with E-state index in [-0.39, 0.29) is 6.61 Å². The highest BCUT2D eigenvalue weighted by Gasteiger charge is 2.07. The van der Waals surface area contributed by atoms with Crippen LogP contribution < -0.4 is 0 Å². The summed E-state index contributed by atoms with van der Waals surface area (Å²) < 4.78 is 9.57. The number of carbonyl (C=O) groups is 2. The molecule has 0 bridgehead atoms. The maximum Gasteiger partial charge on any atom is 0.317 e. The van der Waals surface area contributed by atoms with Gasteiger partial charge in [-0.15, -0.1) is 0 Å². The van der Waals surface area contributed by atoms with E-state index in [1.807, 2.05) is 6.92 Å². The van der Waals surface area contributed by atoms with Crippen LogP contribution in [0.15, 0.2) is 0 Å². The van der Waals surface area contributed by atoms with Crippen LogP contribution in [0.2, 0.25) is 0 Å². The van der Waals surface area contributed by atoms with Gasteiger partial charge in [-0.3, -0.25) is 9.59 Å². The van der Waals surface area contributed by atoms with Crippen molar-refractivity contribution in [3.8, 4) is 0 Å². The Hall–Kier alpha value is -1.10. The first-order valence-corrected chi connectivity index (χ1v) is 4.12. The van der Waals surface area contributed by atoms with Gasteiger partial charge in [0.05, 0.1) is 6.61 Å². The minimum absolute atomic E-state index is 0.117. The molecule has 1 N–H and O–H groups in total. The van der Waals surface area contributed by atoms with E-state index in [0.29, 0.717) is 13.2 Å². The van der Waals surface area contributed by atoms with E-state index >= 15 is 0 Å². The van der Waals surface area contributed by atoms with E-state index in [2.05, 4.69) is 4.74 Å². The van der Waals surface area contributed by atoms with Crippen LogP contribution in [-0.2, 0) is 19.1 Å². The first kappa shape index (κ1) is 11.9. The molecule has 0 aromatic rings. The van der Waals surface area contributed by atoms with E-state index in [4.69, 9.17) is 9.84 Å². The van der Waals surface area contributed by atoms with Crippen molar-refractivity contribution in [3.05, 3.63) is 0 Å². The fraction of sp³-hybridized carbons (Fsp3) is 0.750. The first-order chi connectivity index (χ1) is 6.16. The third-order valence-electron chi connectivity index (χ3n) is 1.13. The van der Waals surface area contributed by atoms with Crippen LogP contribution in [0.1, 0.15) is 19.8 Å². The van der Waals surface area contributed by atoms with Crippen LogP contribution in [0.25, 0.3) is 0 Å². The SMILES string of the molecule is CCCOCCOC(=O)CC(=O)O. The molecule has 0 aliphatic rings. The molecular weight excluding hydrogens is 176 g/mol. The van der Waals surface area contributed by atoms with E-state index in [9.17, 15) is 9.59 Å². The lowest BCUT2D eigenvalue weighted by Gasteiger charge is -2.03. The van der Waals surface area contributed by atoms with Crippen molar-refractivity contribution in [2.45, 2.75) is 19.8 Å². The molecule has 13 heavy (non-hydrogen) atoms. The maximum absolute atomic E-state index is 10.6. The predicted molar refractivity (Wildman–Crippen MR) is 44.3 cm³/mol. The highest BCUT2D eigenvalue weighted by atomic mass is 16.6. The Kier molecular flexibility index (Phi) is 6.91. The third kappa shape index (κ3) is 8.81. The molecule has 0 aromatic carbocycles. The van der Waals surface area contributed by atoms with Crippen LogP contribution in [0.4, 0.5) is 0 Å². The zero-order chi connectivity index (χ0) is 10.1. The lowest BCUT2D eigenvalue weighted by Crippen LogP contribution is -2.14. The summed E-state index contributed by atoms with van der Waals surface area (Å²) in [7, 11) is 0. The monoisotopic (exact) mass is 190 g/mol. The van der Waals surface area contributed by atoms with Gasteiger partial charge in [0, 0.05) is 6.61 Å². The minimum Gasteiger partial charge on any atom is -0.481 e. The fourth-order valence-corrected chi connectivity index (χ4v) is 0.635. The van der Waals surface area contributed by atoms with Crippen molar-refractivity contribution in [2.75, 3.05) is 19.8 Å². The molecule has 0 amide bonds. The van der Waals surface area contributed by atoms with Gasteiger partial charge in [-0.25, -0.2) is 0 Å². The number of carboxylic acids is 1. The fourth-order valence-electron chi connectivity index (χ4n) is 0.635. The van der Waals surface area contributed by atoms with E-state index in [0.717, 1.165) is 6.42 Å². The molecule has 0 fully saturated rings. The second-order valence-electron chi connectivity index (χ2n) is 2.40. The van der Waals surface area contributed by atoms with Gasteiger partial charge in [-0.05, 0) is 6.42 Å². The molecule has 0 aliphatic carbocycles. The summed E-state index contributed by atoms with van der Waals surface area (Å²) in [5.74, 6) is -1.91. The largest absolute Gasteiger partial charge is 0.481 e. The van der Waals surface area contributed by atoms with Gasteiger partial charge in [-0.1, -0.05) is 6.92 Å². The number of carboxylic acid groups (broad SMARTS) is 1. The lowest BCUT2D eigenvalue weighted by molar-refractivity contribution is -0.152. The Morgan fingerprint density at radius 1 is 1.23 bits per heavy atom. The van der Waals surface area contributed by atoms with Gasteiger partial charge in [0.15, 0.2) is 0 Å². The summed E-state index contributed by atoms with van der Waals surface area (Å²) in [6.07, 6.45) is 0.316. The minimum atomic E-state index is -1.18. The highest BCUT2D eigenvalue weighted by Crippen LogP contribution is 1.87. The van der Waals surface area contributed by atoms with Gasteiger partial charge in [0.25, 0.3) is 0 Å². The van der Waals surface area contributed by atoms with Gasteiger partial charge in [0.2, 0.25) is 0 Å². The Morgan fingerprint density at radius 2 is 1.92 bits per heavy atom. The molecule has 0 heterocycles. The summed E-state index contributed by atoms with van der Waals surface area (Å²) in [5.41, 5.74) is 0. The van der Waals surface area contributed by atoms with Crippen molar-refractivity contribution in [1.82, 2.24) is 0 Å². The second-order valence-corrected chi connectivity index (χ2v) is 2.40. The van der Waals surface area contributed by atoms with Crippen molar-refractivity contribution in [3.63, 3.8) is 0 Å². The van der Waals surface area contributed by atoms with Crippen molar-refractivity contribution < 1.29 is 24.2 Å². The lowest BCUT2D eigenvalue weighted by atomic mass is 10.4. The Balaban J connectivity index is 3.22. The molecule has 0 rings (SSSR count). The summed E-state index contributed by atoms with van der Waals surface area (Å²) >= 11 is 0. The molecule has 5 heteroatoms. The summed E-state index contributed by atoms with van der Waals surface area (Å²) in [5, 5.41) is 8.19. The zero-order valence-corrected chi connectivity index (χ0v) is 7.62. The summed E-state index contributed by atoms with van der Waals surface area (Å²) in [6, 6.07) is 0. The highest BCUT2D eigenvalue weighted by molar-refractivity contribution is 5.90. The molecule has 0 spiro atoms. The van der Waals surface area contributed by atoms with Gasteiger partial charge >= 0.3 is 11.9 Å². The number of hydrogen-bond acceptors (Lipinski definition) is 4. The second kappa shape index (κ2) is 7.54. The normalized spacial score (nSPS) is 9.62. The molecule has 0 aromatic heterocycles. The van der Waals surface area contributed by atoms with Crippen LogP contribution in [-0.4, -0.2) is 36.9 Å².